The third-order valence-electron chi connectivity index (χ3n) is 4.10. The van der Waals surface area contributed by atoms with E-state index < -0.39 is 0 Å². The van der Waals surface area contributed by atoms with Gasteiger partial charge in [0.05, 0.1) is 13.2 Å². The predicted molar refractivity (Wildman–Crippen MR) is 115 cm³/mol. The Kier molecular flexibility index (Phi) is 9.01. The maximum Gasteiger partial charge on any atom is 0.326 e. The number of hydrogen-bond donors (Lipinski definition) is 3. The van der Waals surface area contributed by atoms with E-state index in [2.05, 4.69) is 20.9 Å². The first-order valence-corrected chi connectivity index (χ1v) is 9.64. The highest BCUT2D eigenvalue weighted by molar-refractivity contribution is 6.03. The number of anilines is 1. The Morgan fingerprint density at radius 1 is 1.04 bits per heavy atom. The molecule has 0 aromatic heterocycles. The first-order chi connectivity index (χ1) is 13.6. The van der Waals surface area contributed by atoms with Gasteiger partial charge in [0.2, 0.25) is 0 Å². The van der Waals surface area contributed by atoms with Gasteiger partial charge < -0.3 is 15.4 Å². The maximum absolute atomic E-state index is 12.4. The summed E-state index contributed by atoms with van der Waals surface area (Å²) in [7, 11) is 0. The Balaban J connectivity index is 1.81. The monoisotopic (exact) mass is 382 g/mol. The molecule has 0 saturated carbocycles. The van der Waals surface area contributed by atoms with E-state index in [1.807, 2.05) is 69.3 Å². The lowest BCUT2D eigenvalue weighted by Gasteiger charge is -2.15. The van der Waals surface area contributed by atoms with Crippen LogP contribution in [0.25, 0.3) is 0 Å². The molecule has 6 nitrogen and oxygen atoms in total. The van der Waals surface area contributed by atoms with Crippen LogP contribution in [0.5, 0.6) is 0 Å². The topological polar surface area (TPSA) is 74.8 Å². The van der Waals surface area contributed by atoms with Crippen molar-refractivity contribution in [2.75, 3.05) is 25.0 Å². The number of nitrogens with one attached hydrogen (secondary N) is 3. The van der Waals surface area contributed by atoms with Crippen molar-refractivity contribution in [3.8, 4) is 0 Å². The molecule has 2 aromatic carbocycles. The molecule has 6 heteroatoms. The number of aliphatic imine (C=N–C) groups is 1. The van der Waals surface area contributed by atoms with Crippen molar-refractivity contribution in [2.45, 2.75) is 33.8 Å². The molecule has 2 amide bonds. The van der Waals surface area contributed by atoms with Crippen molar-refractivity contribution in [1.29, 1.82) is 0 Å². The zero-order valence-electron chi connectivity index (χ0n) is 16.9. The van der Waals surface area contributed by atoms with E-state index in [1.54, 1.807) is 0 Å². The summed E-state index contributed by atoms with van der Waals surface area (Å²) in [5.74, 6) is 0.453. The van der Waals surface area contributed by atoms with Gasteiger partial charge in [0.15, 0.2) is 5.96 Å². The third-order valence-corrected chi connectivity index (χ3v) is 4.10. The predicted octanol–water partition coefficient (Wildman–Crippen LogP) is 4.00. The molecule has 0 aliphatic rings. The molecule has 0 bridgehead atoms. The number of benzene rings is 2. The molecule has 0 spiro atoms. The molecule has 0 unspecified atom stereocenters. The number of hydrogen-bond acceptors (Lipinski definition) is 3. The van der Waals surface area contributed by atoms with Gasteiger partial charge in [-0.05, 0) is 37.0 Å². The highest BCUT2D eigenvalue weighted by Gasteiger charge is 2.09. The lowest BCUT2D eigenvalue weighted by Crippen LogP contribution is -2.44. The zero-order valence-corrected chi connectivity index (χ0v) is 16.9. The highest BCUT2D eigenvalue weighted by Crippen LogP contribution is 2.18. The minimum absolute atomic E-state index is 0.315. The zero-order chi connectivity index (χ0) is 20.2. The number of urea groups is 1. The number of para-hydroxylation sites is 1. The van der Waals surface area contributed by atoms with Crippen LogP contribution in [0.15, 0.2) is 53.5 Å². The van der Waals surface area contributed by atoms with Gasteiger partial charge in [-0.15, -0.1) is 0 Å². The van der Waals surface area contributed by atoms with Crippen LogP contribution in [0.1, 0.15) is 30.0 Å². The van der Waals surface area contributed by atoms with Crippen LogP contribution in [0.3, 0.4) is 0 Å². The molecule has 0 radical (unpaired) electrons. The van der Waals surface area contributed by atoms with Crippen LogP contribution in [0.4, 0.5) is 10.5 Å². The first-order valence-electron chi connectivity index (χ1n) is 9.64. The second-order valence-electron chi connectivity index (χ2n) is 6.54. The van der Waals surface area contributed by atoms with Gasteiger partial charge >= 0.3 is 6.03 Å². The van der Waals surface area contributed by atoms with E-state index >= 15 is 0 Å². The van der Waals surface area contributed by atoms with Gasteiger partial charge in [-0.2, -0.15) is 0 Å². The van der Waals surface area contributed by atoms with E-state index in [4.69, 9.17) is 4.74 Å². The number of guanidine groups is 1. The quantitative estimate of drug-likeness (QED) is 0.367. The first kappa shape index (κ1) is 21.4. The summed E-state index contributed by atoms with van der Waals surface area (Å²) in [5.41, 5.74) is 3.99. The van der Waals surface area contributed by atoms with Crippen LogP contribution in [0.2, 0.25) is 0 Å². The summed E-state index contributed by atoms with van der Waals surface area (Å²) < 4.78 is 5.66. The molecule has 0 fully saturated rings. The molecule has 0 aliphatic heterocycles. The standard InChI is InChI=1S/C22H30N4O2/c1-4-13-23-21(24-14-15-28-16-19-11-6-5-7-12-19)26-22(27)25-20-17(2)9-8-10-18(20)3/h5-12H,4,13-16H2,1-3H3,(H3,23,24,25,26,27). The smallest absolute Gasteiger partial charge is 0.326 e. The van der Waals surface area contributed by atoms with Gasteiger partial charge in [0.1, 0.15) is 0 Å². The average molecular weight is 383 g/mol. The Morgan fingerprint density at radius 3 is 2.43 bits per heavy atom. The van der Waals surface area contributed by atoms with Gasteiger partial charge in [-0.1, -0.05) is 55.5 Å². The van der Waals surface area contributed by atoms with E-state index in [-0.39, 0.29) is 6.03 Å². The molecule has 0 atom stereocenters. The lowest BCUT2D eigenvalue weighted by atomic mass is 10.1. The summed E-state index contributed by atoms with van der Waals surface area (Å²) >= 11 is 0. The van der Waals surface area contributed by atoms with Gasteiger partial charge in [0, 0.05) is 18.8 Å². The number of nitrogens with zero attached hydrogens (tertiary/aromatic N) is 1. The summed E-state index contributed by atoms with van der Waals surface area (Å²) in [6.45, 7) is 8.25. The summed E-state index contributed by atoms with van der Waals surface area (Å²) in [5, 5.41) is 8.84. The summed E-state index contributed by atoms with van der Waals surface area (Å²) in [6.07, 6.45) is 0.899. The van der Waals surface area contributed by atoms with E-state index in [0.29, 0.717) is 32.3 Å². The van der Waals surface area contributed by atoms with Crippen LogP contribution in [0, 0.1) is 13.8 Å². The molecule has 150 valence electrons. The molecule has 0 heterocycles. The molecular weight excluding hydrogens is 352 g/mol. The number of aryl methyl sites for hydroxylation is 2. The SMILES string of the molecule is CCCN=C(NCCOCc1ccccc1)NC(=O)Nc1c(C)cccc1C. The second-order valence-corrected chi connectivity index (χ2v) is 6.54. The Labute approximate surface area is 167 Å². The highest BCUT2D eigenvalue weighted by atomic mass is 16.5. The second kappa shape index (κ2) is 11.8. The number of carbonyl (C=O) groups is 1. The van der Waals surface area contributed by atoms with Crippen molar-refractivity contribution in [2.24, 2.45) is 4.99 Å². The summed E-state index contributed by atoms with van der Waals surface area (Å²) in [6, 6.07) is 15.6. The van der Waals surface area contributed by atoms with Gasteiger partial charge in [-0.25, -0.2) is 4.79 Å². The van der Waals surface area contributed by atoms with Crippen LogP contribution < -0.4 is 16.0 Å². The van der Waals surface area contributed by atoms with E-state index in [1.165, 1.54) is 0 Å². The summed E-state index contributed by atoms with van der Waals surface area (Å²) in [4.78, 5) is 16.8. The van der Waals surface area contributed by atoms with Crippen LogP contribution in [-0.4, -0.2) is 31.7 Å². The fourth-order valence-electron chi connectivity index (χ4n) is 2.63. The van der Waals surface area contributed by atoms with Crippen molar-refractivity contribution in [3.05, 3.63) is 65.2 Å². The normalized spacial score (nSPS) is 11.2. The number of carbonyl (C=O) groups excluding carboxylic acids is 1. The molecule has 0 aliphatic carbocycles. The fourth-order valence-corrected chi connectivity index (χ4v) is 2.63. The minimum atomic E-state index is -0.315. The number of amides is 2. The molecule has 28 heavy (non-hydrogen) atoms. The third kappa shape index (κ3) is 7.40. The Morgan fingerprint density at radius 2 is 1.75 bits per heavy atom. The lowest BCUT2D eigenvalue weighted by molar-refractivity contribution is 0.125. The van der Waals surface area contributed by atoms with Gasteiger partial charge in [0.25, 0.3) is 0 Å². The van der Waals surface area contributed by atoms with E-state index in [0.717, 1.165) is 28.8 Å². The molecule has 2 aromatic rings. The van der Waals surface area contributed by atoms with Crippen molar-refractivity contribution in [3.63, 3.8) is 0 Å². The van der Waals surface area contributed by atoms with Crippen LogP contribution in [-0.2, 0) is 11.3 Å². The van der Waals surface area contributed by atoms with Crippen LogP contribution >= 0.6 is 0 Å². The van der Waals surface area contributed by atoms with Crippen molar-refractivity contribution < 1.29 is 9.53 Å². The van der Waals surface area contributed by atoms with Crippen molar-refractivity contribution in [1.82, 2.24) is 10.6 Å². The number of ether oxygens (including phenoxy) is 1. The molecule has 2 rings (SSSR count). The average Bonchev–Trinajstić information content (AvgIpc) is 2.69. The maximum atomic E-state index is 12.4. The molecule has 0 saturated heterocycles. The van der Waals surface area contributed by atoms with Gasteiger partial charge in [-0.3, -0.25) is 10.3 Å². The van der Waals surface area contributed by atoms with Crippen molar-refractivity contribution >= 4 is 17.7 Å². The largest absolute Gasteiger partial charge is 0.375 e. The minimum Gasteiger partial charge on any atom is -0.375 e. The molecular formula is C22H30N4O2. The molecule has 3 N–H and O–H groups in total. The van der Waals surface area contributed by atoms with E-state index in [9.17, 15) is 4.79 Å². The number of rotatable bonds is 8. The fraction of sp³-hybridized carbons (Fsp3) is 0.364. The Bertz CT molecular complexity index is 755. The Hall–Kier alpha value is -2.86.